The number of benzene rings is 3. The van der Waals surface area contributed by atoms with Gasteiger partial charge >= 0.3 is 6.09 Å². The van der Waals surface area contributed by atoms with E-state index in [1.807, 2.05) is 42.5 Å². The van der Waals surface area contributed by atoms with E-state index >= 15 is 0 Å². The van der Waals surface area contributed by atoms with Crippen molar-refractivity contribution in [1.29, 1.82) is 0 Å². The Morgan fingerprint density at radius 3 is 2.33 bits per heavy atom. The van der Waals surface area contributed by atoms with E-state index in [4.69, 9.17) is 0 Å². The van der Waals surface area contributed by atoms with Crippen molar-refractivity contribution in [2.45, 2.75) is 44.8 Å². The molecule has 0 bridgehead atoms. The summed E-state index contributed by atoms with van der Waals surface area (Å²) in [6, 6.07) is 24.1. The zero-order chi connectivity index (χ0) is 24.8. The molecule has 8 heteroatoms. The highest BCUT2D eigenvalue weighted by Crippen LogP contribution is 2.28. The minimum absolute atomic E-state index is 0. The number of para-hydroxylation sites is 2. The number of rotatable bonds is 7. The molecular formula is C28H33ClN4O3. The van der Waals surface area contributed by atoms with Crippen molar-refractivity contribution < 1.29 is 14.7 Å². The van der Waals surface area contributed by atoms with Crippen LogP contribution in [0, 0.1) is 0 Å². The minimum atomic E-state index is -1.09. The average Bonchev–Trinajstić information content (AvgIpc) is 2.83. The largest absolute Gasteiger partial charge is 0.465 e. The molecule has 1 aliphatic heterocycles. The van der Waals surface area contributed by atoms with Crippen molar-refractivity contribution in [3.8, 4) is 0 Å². The molecule has 1 unspecified atom stereocenters. The highest BCUT2D eigenvalue weighted by molar-refractivity contribution is 6.07. The maximum Gasteiger partial charge on any atom is 0.412 e. The molecule has 7 nitrogen and oxygen atoms in total. The zero-order valence-electron chi connectivity index (χ0n) is 20.5. The van der Waals surface area contributed by atoms with Gasteiger partial charge in [-0.05, 0) is 75.2 Å². The number of hydrogen-bond acceptors (Lipinski definition) is 4. The molecule has 0 spiro atoms. The maximum absolute atomic E-state index is 13.0. The van der Waals surface area contributed by atoms with Gasteiger partial charge in [-0.2, -0.15) is 0 Å². The van der Waals surface area contributed by atoms with Gasteiger partial charge in [0.15, 0.2) is 0 Å². The number of carboxylic acid groups (broad SMARTS) is 1. The number of nitrogens with one attached hydrogen (secondary N) is 3. The third kappa shape index (κ3) is 6.99. The Morgan fingerprint density at radius 1 is 1.00 bits per heavy atom. The molecular weight excluding hydrogens is 476 g/mol. The second-order valence-electron chi connectivity index (χ2n) is 9.55. The predicted molar refractivity (Wildman–Crippen MR) is 147 cm³/mol. The van der Waals surface area contributed by atoms with Crippen LogP contribution in [0.1, 0.15) is 42.6 Å². The van der Waals surface area contributed by atoms with Crippen molar-refractivity contribution in [1.82, 2.24) is 5.32 Å². The van der Waals surface area contributed by atoms with Crippen molar-refractivity contribution >= 4 is 41.5 Å². The van der Waals surface area contributed by atoms with Gasteiger partial charge < -0.3 is 21.1 Å². The zero-order valence-corrected chi connectivity index (χ0v) is 21.3. The first-order valence-electron chi connectivity index (χ1n) is 11.9. The first-order chi connectivity index (χ1) is 16.8. The number of nitrogens with zero attached hydrogens (tertiary/aromatic N) is 1. The first kappa shape index (κ1) is 27.0. The third-order valence-electron chi connectivity index (χ3n) is 6.23. The summed E-state index contributed by atoms with van der Waals surface area (Å²) in [5.74, 6) is -0.294. The van der Waals surface area contributed by atoms with Gasteiger partial charge in [-0.25, -0.2) is 4.79 Å². The van der Waals surface area contributed by atoms with Crippen LogP contribution in [0.25, 0.3) is 0 Å². The molecule has 1 heterocycles. The van der Waals surface area contributed by atoms with E-state index in [0.717, 1.165) is 30.6 Å². The molecule has 36 heavy (non-hydrogen) atoms. The van der Waals surface area contributed by atoms with Crippen LogP contribution in [0.3, 0.4) is 0 Å². The molecule has 0 saturated carbocycles. The van der Waals surface area contributed by atoms with Crippen molar-refractivity contribution in [3.63, 3.8) is 0 Å². The number of anilines is 3. The van der Waals surface area contributed by atoms with Crippen LogP contribution in [0.4, 0.5) is 21.9 Å². The topological polar surface area (TPSA) is 93.7 Å². The number of hydrogen-bond donors (Lipinski definition) is 4. The van der Waals surface area contributed by atoms with E-state index < -0.39 is 6.09 Å². The van der Waals surface area contributed by atoms with Crippen LogP contribution < -0.4 is 20.9 Å². The molecule has 190 valence electrons. The number of carbonyl (C=O) groups is 2. The Kier molecular flexibility index (Phi) is 8.96. The van der Waals surface area contributed by atoms with E-state index in [9.17, 15) is 14.7 Å². The van der Waals surface area contributed by atoms with Gasteiger partial charge in [-0.15, -0.1) is 12.4 Å². The van der Waals surface area contributed by atoms with Crippen LogP contribution in [-0.4, -0.2) is 35.2 Å². The van der Waals surface area contributed by atoms with Crippen LogP contribution in [-0.2, 0) is 6.54 Å². The predicted octanol–water partition coefficient (Wildman–Crippen LogP) is 5.99. The van der Waals surface area contributed by atoms with Crippen molar-refractivity contribution in [3.05, 3.63) is 90.0 Å². The van der Waals surface area contributed by atoms with Gasteiger partial charge in [0.05, 0.1) is 17.9 Å². The third-order valence-corrected chi connectivity index (χ3v) is 6.23. The maximum atomic E-state index is 13.0. The second kappa shape index (κ2) is 11.9. The fourth-order valence-electron chi connectivity index (χ4n) is 4.48. The molecule has 1 atom stereocenters. The van der Waals surface area contributed by atoms with Crippen molar-refractivity contribution in [2.24, 2.45) is 0 Å². The number of amides is 2. The van der Waals surface area contributed by atoms with E-state index in [0.29, 0.717) is 23.0 Å². The lowest BCUT2D eigenvalue weighted by Crippen LogP contribution is -2.49. The molecule has 0 radical (unpaired) electrons. The Hall–Kier alpha value is -3.55. The highest BCUT2D eigenvalue weighted by Gasteiger charge is 2.27. The fourth-order valence-corrected chi connectivity index (χ4v) is 4.48. The summed E-state index contributed by atoms with van der Waals surface area (Å²) in [7, 11) is 0. The van der Waals surface area contributed by atoms with E-state index in [2.05, 4.69) is 29.8 Å². The fraction of sp³-hybridized carbons (Fsp3) is 0.286. The standard InChI is InChI=1S/C28H32N4O3.ClH/c1-28(2)18-23(16-17-29-28)30-22-14-12-21(13-15-22)26(33)31-24-10-6-7-11-25(24)32(27(34)35)19-20-8-4-3-5-9-20;/h3-15,23,29-30H,16-19H2,1-2H3,(H,31,33)(H,34,35);1H. The van der Waals surface area contributed by atoms with Crippen LogP contribution >= 0.6 is 12.4 Å². The summed E-state index contributed by atoms with van der Waals surface area (Å²) in [4.78, 5) is 26.3. The minimum Gasteiger partial charge on any atom is -0.465 e. The summed E-state index contributed by atoms with van der Waals surface area (Å²) in [5, 5.41) is 19.8. The summed E-state index contributed by atoms with van der Waals surface area (Å²) in [6.07, 6.45) is 0.979. The van der Waals surface area contributed by atoms with Gasteiger partial charge in [0, 0.05) is 22.8 Å². The molecule has 2 amide bonds. The van der Waals surface area contributed by atoms with Gasteiger partial charge in [-0.1, -0.05) is 42.5 Å². The van der Waals surface area contributed by atoms with Crippen LogP contribution in [0.5, 0.6) is 0 Å². The average molecular weight is 509 g/mol. The highest BCUT2D eigenvalue weighted by atomic mass is 35.5. The van der Waals surface area contributed by atoms with Crippen LogP contribution in [0.2, 0.25) is 0 Å². The molecule has 3 aromatic rings. The van der Waals surface area contributed by atoms with Gasteiger partial charge in [-0.3, -0.25) is 9.69 Å². The Labute approximate surface area is 218 Å². The molecule has 0 aliphatic carbocycles. The molecule has 1 aliphatic rings. The van der Waals surface area contributed by atoms with Gasteiger partial charge in [0.1, 0.15) is 0 Å². The van der Waals surface area contributed by atoms with E-state index in [1.165, 1.54) is 4.90 Å². The van der Waals surface area contributed by atoms with Crippen molar-refractivity contribution in [2.75, 3.05) is 22.1 Å². The molecule has 0 aromatic heterocycles. The lowest BCUT2D eigenvalue weighted by atomic mass is 9.89. The van der Waals surface area contributed by atoms with E-state index in [1.54, 1.807) is 36.4 Å². The van der Waals surface area contributed by atoms with Crippen LogP contribution in [0.15, 0.2) is 78.9 Å². The quantitative estimate of drug-likeness (QED) is 0.314. The Bertz CT molecular complexity index is 1170. The number of halogens is 1. The number of carbonyl (C=O) groups excluding carboxylic acids is 1. The monoisotopic (exact) mass is 508 g/mol. The summed E-state index contributed by atoms with van der Waals surface area (Å²) in [5.41, 5.74) is 3.30. The summed E-state index contributed by atoms with van der Waals surface area (Å²) in [6.45, 7) is 5.56. The molecule has 4 N–H and O–H groups in total. The molecule has 4 rings (SSSR count). The summed E-state index contributed by atoms with van der Waals surface area (Å²) < 4.78 is 0. The Morgan fingerprint density at radius 2 is 1.67 bits per heavy atom. The van der Waals surface area contributed by atoms with E-state index in [-0.39, 0.29) is 30.4 Å². The number of piperidine rings is 1. The lowest BCUT2D eigenvalue weighted by molar-refractivity contribution is 0.102. The smallest absolute Gasteiger partial charge is 0.412 e. The lowest BCUT2D eigenvalue weighted by Gasteiger charge is -2.37. The SMILES string of the molecule is CC1(C)CC(Nc2ccc(C(=O)Nc3ccccc3N(Cc3ccccc3)C(=O)O)cc2)CCN1.Cl. The van der Waals surface area contributed by atoms with Gasteiger partial charge in [0.25, 0.3) is 5.91 Å². The molecule has 1 fully saturated rings. The molecule has 3 aromatic carbocycles. The normalized spacial score (nSPS) is 16.3. The summed E-state index contributed by atoms with van der Waals surface area (Å²) >= 11 is 0. The molecule has 1 saturated heterocycles. The van der Waals surface area contributed by atoms with Gasteiger partial charge in [0.2, 0.25) is 0 Å². The second-order valence-corrected chi connectivity index (χ2v) is 9.55. The Balaban J connectivity index is 0.00000361. The first-order valence-corrected chi connectivity index (χ1v) is 11.9.